The van der Waals surface area contributed by atoms with Gasteiger partial charge in [0.25, 0.3) is 0 Å². The third-order valence-electron chi connectivity index (χ3n) is 4.32. The summed E-state index contributed by atoms with van der Waals surface area (Å²) in [6.07, 6.45) is 2.29. The van der Waals surface area contributed by atoms with Gasteiger partial charge in [-0.15, -0.1) is 0 Å². The molecule has 18 heavy (non-hydrogen) atoms. The maximum Gasteiger partial charge on any atom is 0.0399 e. The van der Waals surface area contributed by atoms with Gasteiger partial charge in [0.15, 0.2) is 0 Å². The minimum Gasteiger partial charge on any atom is -0.371 e. The van der Waals surface area contributed by atoms with Crippen LogP contribution in [-0.4, -0.2) is 19.6 Å². The second-order valence-electron chi connectivity index (χ2n) is 5.86. The number of hydrogen-bond donors (Lipinski definition) is 1. The van der Waals surface area contributed by atoms with Crippen molar-refractivity contribution in [1.82, 2.24) is 0 Å². The molecule has 1 aromatic rings. The summed E-state index contributed by atoms with van der Waals surface area (Å²) in [5.74, 6) is 1.63. The first-order chi connectivity index (χ1) is 8.61. The zero-order chi connectivity index (χ0) is 13.1. The van der Waals surface area contributed by atoms with Crippen LogP contribution in [-0.2, 0) is 6.42 Å². The molecule has 0 bridgehead atoms. The Morgan fingerprint density at radius 1 is 1.28 bits per heavy atom. The fraction of sp³-hybridized carbons (Fsp3) is 0.625. The van der Waals surface area contributed by atoms with Crippen molar-refractivity contribution >= 4 is 5.69 Å². The van der Waals surface area contributed by atoms with Crippen LogP contribution in [0.1, 0.15) is 31.4 Å². The molecule has 0 amide bonds. The number of nitrogens with zero attached hydrogens (tertiary/aromatic N) is 1. The Balaban J connectivity index is 2.22. The maximum atomic E-state index is 5.74. The van der Waals surface area contributed by atoms with Gasteiger partial charge in [-0.1, -0.05) is 31.5 Å². The van der Waals surface area contributed by atoms with Crippen LogP contribution in [0.4, 0.5) is 5.69 Å². The molecule has 1 aliphatic heterocycles. The molecule has 0 radical (unpaired) electrons. The van der Waals surface area contributed by atoms with Crippen LogP contribution >= 0.6 is 0 Å². The Labute approximate surface area is 111 Å². The van der Waals surface area contributed by atoms with Crippen LogP contribution in [0.2, 0.25) is 0 Å². The van der Waals surface area contributed by atoms with Gasteiger partial charge in [0.1, 0.15) is 0 Å². The normalized spacial score (nSPS) is 24.3. The fourth-order valence-corrected chi connectivity index (χ4v) is 2.86. The Bertz CT molecular complexity index is 400. The number of aryl methyl sites for hydroxylation is 1. The quantitative estimate of drug-likeness (QED) is 0.888. The molecule has 0 aliphatic carbocycles. The molecule has 1 aromatic carbocycles. The summed E-state index contributed by atoms with van der Waals surface area (Å²) in [7, 11) is 0. The molecule has 2 rings (SSSR count). The average Bonchev–Trinajstić information content (AvgIpc) is 2.34. The molecule has 2 atom stereocenters. The van der Waals surface area contributed by atoms with E-state index in [-0.39, 0.29) is 0 Å². The zero-order valence-corrected chi connectivity index (χ0v) is 11.9. The van der Waals surface area contributed by atoms with Crippen molar-refractivity contribution in [1.29, 1.82) is 0 Å². The van der Waals surface area contributed by atoms with E-state index < -0.39 is 0 Å². The molecular formula is C16H26N2. The number of anilines is 1. The molecule has 1 saturated heterocycles. The zero-order valence-electron chi connectivity index (χ0n) is 11.9. The van der Waals surface area contributed by atoms with Crippen LogP contribution in [0, 0.1) is 18.8 Å². The van der Waals surface area contributed by atoms with E-state index in [1.807, 2.05) is 0 Å². The van der Waals surface area contributed by atoms with E-state index in [1.54, 1.807) is 0 Å². The molecule has 2 nitrogen and oxygen atoms in total. The highest BCUT2D eigenvalue weighted by Gasteiger charge is 2.23. The molecule has 100 valence electrons. The van der Waals surface area contributed by atoms with Gasteiger partial charge in [-0.25, -0.2) is 0 Å². The molecule has 1 aliphatic rings. The number of nitrogens with two attached hydrogens (primary N) is 1. The number of benzene rings is 1. The topological polar surface area (TPSA) is 29.3 Å². The predicted octanol–water partition coefficient (Wildman–Crippen LogP) is 2.98. The Kier molecular flexibility index (Phi) is 4.28. The van der Waals surface area contributed by atoms with Gasteiger partial charge in [0.2, 0.25) is 0 Å². The van der Waals surface area contributed by atoms with Crippen molar-refractivity contribution in [2.45, 2.75) is 33.6 Å². The molecule has 2 N–H and O–H groups in total. The van der Waals surface area contributed by atoms with Crippen molar-refractivity contribution in [3.05, 3.63) is 29.3 Å². The van der Waals surface area contributed by atoms with Gasteiger partial charge in [-0.2, -0.15) is 0 Å². The van der Waals surface area contributed by atoms with Crippen molar-refractivity contribution in [3.63, 3.8) is 0 Å². The van der Waals surface area contributed by atoms with Gasteiger partial charge in [0.05, 0.1) is 0 Å². The van der Waals surface area contributed by atoms with Gasteiger partial charge < -0.3 is 10.6 Å². The first-order valence-corrected chi connectivity index (χ1v) is 7.16. The number of hydrogen-bond acceptors (Lipinski definition) is 2. The van der Waals surface area contributed by atoms with Crippen molar-refractivity contribution in [3.8, 4) is 0 Å². The highest BCUT2D eigenvalue weighted by molar-refractivity contribution is 5.55. The average molecular weight is 246 g/mol. The van der Waals surface area contributed by atoms with Crippen LogP contribution in [0.3, 0.4) is 0 Å². The van der Waals surface area contributed by atoms with E-state index in [4.69, 9.17) is 5.73 Å². The van der Waals surface area contributed by atoms with Gasteiger partial charge in [-0.3, -0.25) is 0 Å². The molecular weight excluding hydrogens is 220 g/mol. The maximum absolute atomic E-state index is 5.74. The first-order valence-electron chi connectivity index (χ1n) is 7.16. The Morgan fingerprint density at radius 2 is 2.06 bits per heavy atom. The van der Waals surface area contributed by atoms with Gasteiger partial charge >= 0.3 is 0 Å². The highest BCUT2D eigenvalue weighted by atomic mass is 15.1. The van der Waals surface area contributed by atoms with Crippen LogP contribution in [0.5, 0.6) is 0 Å². The van der Waals surface area contributed by atoms with Gasteiger partial charge in [0, 0.05) is 18.8 Å². The summed E-state index contributed by atoms with van der Waals surface area (Å²) < 4.78 is 0. The van der Waals surface area contributed by atoms with E-state index in [0.29, 0.717) is 0 Å². The summed E-state index contributed by atoms with van der Waals surface area (Å²) in [5, 5.41) is 0. The molecule has 0 aromatic heterocycles. The van der Waals surface area contributed by atoms with E-state index >= 15 is 0 Å². The highest BCUT2D eigenvalue weighted by Crippen LogP contribution is 2.29. The predicted molar refractivity (Wildman–Crippen MR) is 79.1 cm³/mol. The lowest BCUT2D eigenvalue weighted by molar-refractivity contribution is 0.323. The summed E-state index contributed by atoms with van der Waals surface area (Å²) >= 11 is 0. The largest absolute Gasteiger partial charge is 0.371 e. The summed E-state index contributed by atoms with van der Waals surface area (Å²) in [4.78, 5) is 2.55. The fourth-order valence-electron chi connectivity index (χ4n) is 2.86. The SMILES string of the molecule is Cc1ccc(N2CCC(C)C(C)C2)c(CCN)c1. The smallest absolute Gasteiger partial charge is 0.0399 e. The molecule has 1 fully saturated rings. The summed E-state index contributed by atoms with van der Waals surface area (Å²) in [6.45, 7) is 10.0. The van der Waals surface area contributed by atoms with E-state index in [9.17, 15) is 0 Å². The number of rotatable bonds is 3. The van der Waals surface area contributed by atoms with Crippen LogP contribution < -0.4 is 10.6 Å². The Morgan fingerprint density at radius 3 is 2.72 bits per heavy atom. The van der Waals surface area contributed by atoms with Gasteiger partial charge in [-0.05, 0) is 49.8 Å². The minimum atomic E-state index is 0.732. The molecule has 0 saturated carbocycles. The first kappa shape index (κ1) is 13.4. The number of piperidine rings is 1. The molecule has 2 heteroatoms. The second kappa shape index (κ2) is 5.75. The molecule has 1 heterocycles. The van der Waals surface area contributed by atoms with E-state index in [1.165, 1.54) is 36.3 Å². The summed E-state index contributed by atoms with van der Waals surface area (Å²) in [6, 6.07) is 6.80. The third-order valence-corrected chi connectivity index (χ3v) is 4.32. The molecule has 0 spiro atoms. The standard InChI is InChI=1S/C16H26N2/c1-12-4-5-16(15(10-12)6-8-17)18-9-7-13(2)14(3)11-18/h4-5,10,13-14H,6-9,11,17H2,1-3H3. The van der Waals surface area contributed by atoms with Crippen LogP contribution in [0.25, 0.3) is 0 Å². The van der Waals surface area contributed by atoms with Crippen LogP contribution in [0.15, 0.2) is 18.2 Å². The summed E-state index contributed by atoms with van der Waals surface area (Å²) in [5.41, 5.74) is 9.90. The van der Waals surface area contributed by atoms with Crippen molar-refractivity contribution < 1.29 is 0 Å². The lowest BCUT2D eigenvalue weighted by Crippen LogP contribution is -2.39. The van der Waals surface area contributed by atoms with Crippen molar-refractivity contribution in [2.75, 3.05) is 24.5 Å². The molecule has 2 unspecified atom stereocenters. The second-order valence-corrected chi connectivity index (χ2v) is 5.86. The Hall–Kier alpha value is -1.02. The van der Waals surface area contributed by atoms with E-state index in [0.717, 1.165) is 24.8 Å². The minimum absolute atomic E-state index is 0.732. The van der Waals surface area contributed by atoms with E-state index in [2.05, 4.69) is 43.9 Å². The van der Waals surface area contributed by atoms with Crippen molar-refractivity contribution in [2.24, 2.45) is 17.6 Å². The lowest BCUT2D eigenvalue weighted by atomic mass is 9.88. The lowest BCUT2D eigenvalue weighted by Gasteiger charge is -2.38. The third kappa shape index (κ3) is 2.86. The monoisotopic (exact) mass is 246 g/mol.